The van der Waals surface area contributed by atoms with Gasteiger partial charge < -0.3 is 4.74 Å². The van der Waals surface area contributed by atoms with Gasteiger partial charge in [0.05, 0.1) is 4.90 Å². The molecule has 0 spiro atoms. The Balaban J connectivity index is 2.04. The summed E-state index contributed by atoms with van der Waals surface area (Å²) in [7, 11) is -3.90. The van der Waals surface area contributed by atoms with Gasteiger partial charge in [-0.2, -0.15) is 8.42 Å². The smallest absolute Gasteiger partial charge is 0.285 e. The average Bonchev–Trinajstić information content (AvgIpc) is 2.63. The maximum Gasteiger partial charge on any atom is 0.285 e. The number of hydrogen-bond acceptors (Lipinski definition) is 3. The highest BCUT2D eigenvalue weighted by Crippen LogP contribution is 2.19. The predicted octanol–water partition coefficient (Wildman–Crippen LogP) is 4.66. The number of sulfonamides is 1. The second kappa shape index (κ2) is 7.63. The van der Waals surface area contributed by atoms with Crippen LogP contribution < -0.4 is 4.74 Å². The first-order chi connectivity index (χ1) is 12.0. The summed E-state index contributed by atoms with van der Waals surface area (Å²) in [5, 5.41) is 0. The second-order valence-corrected chi connectivity index (χ2v) is 7.63. The summed E-state index contributed by atoms with van der Waals surface area (Å²) in [5.74, 6) is 0.533. The Morgan fingerprint density at radius 1 is 0.800 bits per heavy atom. The van der Waals surface area contributed by atoms with Crippen molar-refractivity contribution >= 4 is 31.9 Å². The lowest BCUT2D eigenvalue weighted by Gasteiger charge is -2.09. The maximum absolute atomic E-state index is 12.6. The van der Waals surface area contributed by atoms with E-state index in [1.54, 1.807) is 60.7 Å². The lowest BCUT2D eigenvalue weighted by molar-refractivity contribution is 0.550. The Labute approximate surface area is 155 Å². The number of para-hydroxylation sites is 1. The summed E-state index contributed by atoms with van der Waals surface area (Å²) < 4.78 is 35.7. The topological polar surface area (TPSA) is 55.7 Å². The van der Waals surface area contributed by atoms with E-state index in [-0.39, 0.29) is 10.8 Å². The summed E-state index contributed by atoms with van der Waals surface area (Å²) in [6.45, 7) is 0. The monoisotopic (exact) mass is 415 g/mol. The highest BCUT2D eigenvalue weighted by atomic mass is 79.9. The second-order valence-electron chi connectivity index (χ2n) is 5.11. The van der Waals surface area contributed by atoms with E-state index >= 15 is 0 Å². The molecule has 0 radical (unpaired) electrons. The highest BCUT2D eigenvalue weighted by molar-refractivity contribution is 9.10. The first kappa shape index (κ1) is 17.4. The molecule has 0 fully saturated rings. The Bertz CT molecular complexity index is 970. The van der Waals surface area contributed by atoms with Gasteiger partial charge in [-0.25, -0.2) is 0 Å². The Morgan fingerprint density at radius 3 is 1.96 bits per heavy atom. The van der Waals surface area contributed by atoms with Crippen LogP contribution in [0.4, 0.5) is 0 Å². The van der Waals surface area contributed by atoms with Crippen LogP contribution in [-0.2, 0) is 10.0 Å². The van der Waals surface area contributed by atoms with Crippen LogP contribution in [0.15, 0.2) is 98.7 Å². The third-order valence-electron chi connectivity index (χ3n) is 3.29. The van der Waals surface area contributed by atoms with Crippen LogP contribution in [-0.4, -0.2) is 14.3 Å². The zero-order valence-electron chi connectivity index (χ0n) is 13.0. The quantitative estimate of drug-likeness (QED) is 0.459. The van der Waals surface area contributed by atoms with Crippen molar-refractivity contribution in [3.8, 4) is 5.75 Å². The molecule has 0 bridgehead atoms. The van der Waals surface area contributed by atoms with Crippen molar-refractivity contribution in [1.82, 2.24) is 0 Å². The standard InChI is InChI=1S/C19H14BrNO3S/c20-16-11-13-18(14-12-16)25(22,23)21-19(15-7-3-1-4-8-15)24-17-9-5-2-6-10-17/h1-14H. The number of rotatable bonds is 4. The summed E-state index contributed by atoms with van der Waals surface area (Å²) in [4.78, 5) is 0.0980. The molecule has 3 aromatic carbocycles. The normalized spacial score (nSPS) is 12.0. The van der Waals surface area contributed by atoms with Gasteiger partial charge in [-0.15, -0.1) is 4.40 Å². The first-order valence-corrected chi connectivity index (χ1v) is 9.67. The van der Waals surface area contributed by atoms with Gasteiger partial charge in [0.25, 0.3) is 10.0 Å². The molecule has 0 aliphatic rings. The molecule has 0 amide bonds. The summed E-state index contributed by atoms with van der Waals surface area (Å²) >= 11 is 3.29. The number of halogens is 1. The molecule has 0 aromatic heterocycles. The molecule has 3 rings (SSSR count). The molecular formula is C19H14BrNO3S. The SMILES string of the molecule is O=S(=O)(N=C(Oc1ccccc1)c1ccccc1)c1ccc(Br)cc1. The molecule has 0 N–H and O–H groups in total. The fourth-order valence-electron chi connectivity index (χ4n) is 2.08. The Kier molecular flexibility index (Phi) is 5.31. The van der Waals surface area contributed by atoms with E-state index in [1.807, 2.05) is 12.1 Å². The molecule has 0 saturated heterocycles. The minimum Gasteiger partial charge on any atom is -0.438 e. The number of ether oxygens (including phenoxy) is 1. The van der Waals surface area contributed by atoms with Gasteiger partial charge in [0.1, 0.15) is 5.75 Å². The first-order valence-electron chi connectivity index (χ1n) is 7.43. The van der Waals surface area contributed by atoms with E-state index in [4.69, 9.17) is 4.74 Å². The van der Waals surface area contributed by atoms with E-state index in [0.29, 0.717) is 11.3 Å². The minimum absolute atomic E-state index is 0.0229. The van der Waals surface area contributed by atoms with E-state index in [0.717, 1.165) is 4.47 Å². The van der Waals surface area contributed by atoms with Crippen LogP contribution in [0.1, 0.15) is 5.56 Å². The molecule has 0 atom stereocenters. The van der Waals surface area contributed by atoms with Crippen molar-refractivity contribution in [2.75, 3.05) is 0 Å². The Morgan fingerprint density at radius 2 is 1.36 bits per heavy atom. The zero-order chi connectivity index (χ0) is 17.7. The van der Waals surface area contributed by atoms with Crippen molar-refractivity contribution in [3.63, 3.8) is 0 Å². The Hall–Kier alpha value is -2.44. The third kappa shape index (κ3) is 4.55. The lowest BCUT2D eigenvalue weighted by atomic mass is 10.2. The lowest BCUT2D eigenvalue weighted by Crippen LogP contribution is -2.13. The predicted molar refractivity (Wildman–Crippen MR) is 101 cm³/mol. The van der Waals surface area contributed by atoms with Gasteiger partial charge in [-0.1, -0.05) is 52.3 Å². The van der Waals surface area contributed by atoms with Crippen LogP contribution in [0.25, 0.3) is 0 Å². The maximum atomic E-state index is 12.6. The van der Waals surface area contributed by atoms with Crippen LogP contribution in [0.5, 0.6) is 5.75 Å². The van der Waals surface area contributed by atoms with E-state index in [9.17, 15) is 8.42 Å². The molecular weight excluding hydrogens is 402 g/mol. The molecule has 4 nitrogen and oxygen atoms in total. The zero-order valence-corrected chi connectivity index (χ0v) is 15.4. The molecule has 6 heteroatoms. The van der Waals surface area contributed by atoms with Crippen LogP contribution in [0.3, 0.4) is 0 Å². The van der Waals surface area contributed by atoms with E-state index in [2.05, 4.69) is 20.3 Å². The third-order valence-corrected chi connectivity index (χ3v) is 5.10. The summed E-state index contributed by atoms with van der Waals surface area (Å²) in [5.41, 5.74) is 0.576. The van der Waals surface area contributed by atoms with Gasteiger partial charge in [0.15, 0.2) is 0 Å². The van der Waals surface area contributed by atoms with Gasteiger partial charge in [-0.05, 0) is 48.5 Å². The van der Waals surface area contributed by atoms with Gasteiger partial charge >= 0.3 is 0 Å². The fraction of sp³-hybridized carbons (Fsp3) is 0. The summed E-state index contributed by atoms with van der Waals surface area (Å²) in [6.07, 6.45) is 0. The van der Waals surface area contributed by atoms with Gasteiger partial charge in [0.2, 0.25) is 5.90 Å². The molecule has 25 heavy (non-hydrogen) atoms. The van der Waals surface area contributed by atoms with Crippen LogP contribution >= 0.6 is 15.9 Å². The number of benzene rings is 3. The molecule has 0 saturated carbocycles. The number of hydrogen-bond donors (Lipinski definition) is 0. The van der Waals surface area contributed by atoms with Crippen molar-refractivity contribution < 1.29 is 13.2 Å². The molecule has 0 aliphatic heterocycles. The van der Waals surface area contributed by atoms with Crippen LogP contribution in [0.2, 0.25) is 0 Å². The van der Waals surface area contributed by atoms with Crippen molar-refractivity contribution in [2.24, 2.45) is 4.40 Å². The van der Waals surface area contributed by atoms with Gasteiger partial charge in [0, 0.05) is 10.0 Å². The summed E-state index contributed by atoms with van der Waals surface area (Å²) in [6, 6.07) is 24.2. The molecule has 126 valence electrons. The van der Waals surface area contributed by atoms with Crippen molar-refractivity contribution in [1.29, 1.82) is 0 Å². The number of nitrogens with zero attached hydrogens (tertiary/aromatic N) is 1. The largest absolute Gasteiger partial charge is 0.438 e. The molecule has 0 unspecified atom stereocenters. The van der Waals surface area contributed by atoms with Crippen molar-refractivity contribution in [3.05, 3.63) is 95.0 Å². The highest BCUT2D eigenvalue weighted by Gasteiger charge is 2.17. The van der Waals surface area contributed by atoms with E-state index < -0.39 is 10.0 Å². The van der Waals surface area contributed by atoms with Crippen LogP contribution in [0, 0.1) is 0 Å². The van der Waals surface area contributed by atoms with Gasteiger partial charge in [-0.3, -0.25) is 0 Å². The fourth-order valence-corrected chi connectivity index (χ4v) is 3.29. The average molecular weight is 416 g/mol. The van der Waals surface area contributed by atoms with E-state index in [1.165, 1.54) is 12.1 Å². The van der Waals surface area contributed by atoms with Crippen molar-refractivity contribution in [2.45, 2.75) is 4.90 Å². The molecule has 3 aromatic rings. The molecule has 0 aliphatic carbocycles. The minimum atomic E-state index is -3.90. The molecule has 0 heterocycles.